The molecule has 1 aliphatic rings. The summed E-state index contributed by atoms with van der Waals surface area (Å²) in [4.78, 5) is 32.7. The molecule has 3 aromatic rings. The number of rotatable bonds is 11. The summed E-state index contributed by atoms with van der Waals surface area (Å²) >= 11 is 0. The number of aliphatic hydroxyl groups excluding tert-OH is 1. The number of hydrogen-bond acceptors (Lipinski definition) is 7. The first-order valence-corrected chi connectivity index (χ1v) is 13.1. The maximum Gasteiger partial charge on any atom is 0.296 e. The Labute approximate surface area is 228 Å². The van der Waals surface area contributed by atoms with Crippen molar-refractivity contribution >= 4 is 17.4 Å². The largest absolute Gasteiger partial charge is 0.507 e. The number of ketones is 1. The quantitative estimate of drug-likeness (QED) is 0.198. The number of carbonyl (C=O) groups is 2. The molecule has 1 N–H and O–H groups in total. The molecule has 2 heterocycles. The number of Topliss-reactive ketones (excluding diaryl/α,β-unsaturated/α-hetero) is 1. The molecule has 0 bridgehead atoms. The monoisotopic (exact) mass is 530 g/mol. The van der Waals surface area contributed by atoms with Gasteiger partial charge in [-0.25, -0.2) is 0 Å². The second-order valence-electron chi connectivity index (χ2n) is 9.55. The van der Waals surface area contributed by atoms with Gasteiger partial charge < -0.3 is 24.2 Å². The van der Waals surface area contributed by atoms with Crippen LogP contribution in [0.25, 0.3) is 5.76 Å². The van der Waals surface area contributed by atoms with E-state index in [9.17, 15) is 14.7 Å². The third-order valence-electron chi connectivity index (χ3n) is 6.17. The Morgan fingerprint density at radius 2 is 1.72 bits per heavy atom. The lowest BCUT2D eigenvalue weighted by Gasteiger charge is -2.25. The molecule has 4 rings (SSSR count). The van der Waals surface area contributed by atoms with Crippen LogP contribution in [-0.4, -0.2) is 46.5 Å². The van der Waals surface area contributed by atoms with Gasteiger partial charge in [0.1, 0.15) is 23.0 Å². The number of nitrogens with zero attached hydrogens (tertiary/aromatic N) is 2. The Kier molecular flexibility index (Phi) is 8.86. The van der Waals surface area contributed by atoms with E-state index in [1.54, 1.807) is 42.6 Å². The fourth-order valence-electron chi connectivity index (χ4n) is 4.47. The van der Waals surface area contributed by atoms with Gasteiger partial charge in [-0.2, -0.15) is 0 Å². The van der Waals surface area contributed by atoms with Crippen molar-refractivity contribution < 1.29 is 28.9 Å². The average Bonchev–Trinajstić information content (AvgIpc) is 3.18. The Morgan fingerprint density at radius 3 is 2.41 bits per heavy atom. The normalized spacial score (nSPS) is 16.5. The molecule has 1 saturated heterocycles. The molecule has 1 amide bonds. The maximum atomic E-state index is 13.5. The van der Waals surface area contributed by atoms with Crippen LogP contribution < -0.4 is 14.2 Å². The molecule has 0 radical (unpaired) electrons. The SMILES string of the molecule is CCOc1ccc(/C(O)=C2\C(=O)C(=O)N(Cc3ccccn3)C2c2cccc(OCC(C)C)c2)c(OCC)c1. The van der Waals surface area contributed by atoms with Gasteiger partial charge in [-0.1, -0.05) is 32.0 Å². The van der Waals surface area contributed by atoms with Gasteiger partial charge in [-0.15, -0.1) is 0 Å². The third kappa shape index (κ3) is 6.22. The molecule has 0 spiro atoms. The number of hydrogen-bond donors (Lipinski definition) is 1. The highest BCUT2D eigenvalue weighted by molar-refractivity contribution is 6.46. The van der Waals surface area contributed by atoms with E-state index < -0.39 is 17.7 Å². The summed E-state index contributed by atoms with van der Waals surface area (Å²) in [7, 11) is 0. The van der Waals surface area contributed by atoms with E-state index in [-0.39, 0.29) is 17.9 Å². The number of ether oxygens (including phenoxy) is 3. The molecule has 1 aromatic heterocycles. The number of amides is 1. The van der Waals surface area contributed by atoms with Crippen molar-refractivity contribution in [3.63, 3.8) is 0 Å². The number of likely N-dealkylation sites (tertiary alicyclic amines) is 1. The van der Waals surface area contributed by atoms with E-state index in [1.807, 2.05) is 38.1 Å². The van der Waals surface area contributed by atoms with Crippen LogP contribution >= 0.6 is 0 Å². The van der Waals surface area contributed by atoms with Gasteiger partial charge in [0.25, 0.3) is 11.7 Å². The van der Waals surface area contributed by atoms with E-state index >= 15 is 0 Å². The molecular weight excluding hydrogens is 496 g/mol. The van der Waals surface area contributed by atoms with Crippen molar-refractivity contribution in [2.24, 2.45) is 5.92 Å². The number of pyridine rings is 1. The van der Waals surface area contributed by atoms with E-state index in [1.165, 1.54) is 4.90 Å². The summed E-state index contributed by atoms with van der Waals surface area (Å²) in [6, 6.07) is 16.8. The van der Waals surface area contributed by atoms with Crippen LogP contribution in [-0.2, 0) is 16.1 Å². The van der Waals surface area contributed by atoms with Gasteiger partial charge in [-0.3, -0.25) is 14.6 Å². The van der Waals surface area contributed by atoms with Crippen LogP contribution in [0.15, 0.2) is 72.4 Å². The van der Waals surface area contributed by atoms with Gasteiger partial charge in [-0.05, 0) is 61.7 Å². The zero-order chi connectivity index (χ0) is 27.9. The number of aliphatic hydroxyl groups is 1. The van der Waals surface area contributed by atoms with Crippen LogP contribution in [0.3, 0.4) is 0 Å². The van der Waals surface area contributed by atoms with Crippen molar-refractivity contribution in [2.75, 3.05) is 19.8 Å². The lowest BCUT2D eigenvalue weighted by Crippen LogP contribution is -2.29. The first kappa shape index (κ1) is 27.7. The lowest BCUT2D eigenvalue weighted by atomic mass is 9.94. The summed E-state index contributed by atoms with van der Waals surface area (Å²) in [6.07, 6.45) is 1.63. The molecule has 8 nitrogen and oxygen atoms in total. The minimum absolute atomic E-state index is 0.0259. The highest BCUT2D eigenvalue weighted by Gasteiger charge is 2.46. The number of benzene rings is 2. The average molecular weight is 531 g/mol. The molecule has 1 unspecified atom stereocenters. The van der Waals surface area contributed by atoms with Gasteiger partial charge in [0.2, 0.25) is 0 Å². The molecule has 8 heteroatoms. The van der Waals surface area contributed by atoms with Crippen LogP contribution in [0.5, 0.6) is 17.2 Å². The van der Waals surface area contributed by atoms with Crippen molar-refractivity contribution in [1.82, 2.24) is 9.88 Å². The lowest BCUT2D eigenvalue weighted by molar-refractivity contribution is -0.140. The number of aromatic nitrogens is 1. The van der Waals surface area contributed by atoms with E-state index in [4.69, 9.17) is 14.2 Å². The van der Waals surface area contributed by atoms with Crippen LogP contribution in [0, 0.1) is 5.92 Å². The highest BCUT2D eigenvalue weighted by atomic mass is 16.5. The molecule has 1 fully saturated rings. The van der Waals surface area contributed by atoms with E-state index in [0.29, 0.717) is 59.8 Å². The molecule has 0 saturated carbocycles. The Morgan fingerprint density at radius 1 is 0.949 bits per heavy atom. The second kappa shape index (κ2) is 12.5. The Bertz CT molecular complexity index is 1350. The van der Waals surface area contributed by atoms with Gasteiger partial charge >= 0.3 is 0 Å². The standard InChI is InChI=1S/C31H34N2O6/c1-5-37-24-13-14-25(26(17-24)38-6-2)29(34)27-28(21-10-9-12-23(16-21)39-19-20(3)4)33(31(36)30(27)35)18-22-11-7-8-15-32-22/h7-17,20,28,34H,5-6,18-19H2,1-4H3/b29-27+. The smallest absolute Gasteiger partial charge is 0.296 e. The van der Waals surface area contributed by atoms with Crippen LogP contribution in [0.2, 0.25) is 0 Å². The Hall–Kier alpha value is -4.33. The van der Waals surface area contributed by atoms with Gasteiger partial charge in [0.15, 0.2) is 0 Å². The predicted molar refractivity (Wildman–Crippen MR) is 148 cm³/mol. The fourth-order valence-corrected chi connectivity index (χ4v) is 4.47. The molecule has 39 heavy (non-hydrogen) atoms. The molecule has 1 aliphatic heterocycles. The van der Waals surface area contributed by atoms with Crippen LogP contribution in [0.1, 0.15) is 50.6 Å². The minimum atomic E-state index is -0.865. The van der Waals surface area contributed by atoms with Gasteiger partial charge in [0, 0.05) is 12.3 Å². The van der Waals surface area contributed by atoms with Crippen molar-refractivity contribution in [1.29, 1.82) is 0 Å². The highest BCUT2D eigenvalue weighted by Crippen LogP contribution is 2.42. The maximum absolute atomic E-state index is 13.5. The summed E-state index contributed by atoms with van der Waals surface area (Å²) in [5, 5.41) is 11.6. The van der Waals surface area contributed by atoms with Crippen molar-refractivity contribution in [2.45, 2.75) is 40.3 Å². The van der Waals surface area contributed by atoms with Crippen molar-refractivity contribution in [3.8, 4) is 17.2 Å². The third-order valence-corrected chi connectivity index (χ3v) is 6.17. The second-order valence-corrected chi connectivity index (χ2v) is 9.55. The minimum Gasteiger partial charge on any atom is -0.507 e. The first-order valence-electron chi connectivity index (χ1n) is 13.1. The molecule has 204 valence electrons. The molecule has 0 aliphatic carbocycles. The van der Waals surface area contributed by atoms with Crippen molar-refractivity contribution in [3.05, 3.63) is 89.3 Å². The van der Waals surface area contributed by atoms with Crippen LogP contribution in [0.4, 0.5) is 0 Å². The molecule has 2 aromatic carbocycles. The zero-order valence-electron chi connectivity index (χ0n) is 22.7. The summed E-state index contributed by atoms with van der Waals surface area (Å²) in [6.45, 7) is 9.21. The predicted octanol–water partition coefficient (Wildman–Crippen LogP) is 5.54. The van der Waals surface area contributed by atoms with E-state index in [0.717, 1.165) is 0 Å². The molecular formula is C31H34N2O6. The summed E-state index contributed by atoms with van der Waals surface area (Å²) in [5.41, 5.74) is 1.53. The number of carbonyl (C=O) groups excluding carboxylic acids is 2. The first-order chi connectivity index (χ1) is 18.8. The summed E-state index contributed by atoms with van der Waals surface area (Å²) < 4.78 is 17.3. The topological polar surface area (TPSA) is 98.2 Å². The fraction of sp³-hybridized carbons (Fsp3) is 0.323. The summed E-state index contributed by atoms with van der Waals surface area (Å²) in [5.74, 6) is 0.0369. The van der Waals surface area contributed by atoms with Gasteiger partial charge in [0.05, 0.1) is 49.2 Å². The Balaban J connectivity index is 1.86. The molecule has 1 atom stereocenters. The van der Waals surface area contributed by atoms with E-state index in [2.05, 4.69) is 18.8 Å². The zero-order valence-corrected chi connectivity index (χ0v) is 22.7.